The molecular weight excluding hydrogens is 364 g/mol. The highest BCUT2D eigenvalue weighted by atomic mass is 15.2. The Labute approximate surface area is 176 Å². The van der Waals surface area contributed by atoms with Gasteiger partial charge < -0.3 is 0 Å². The first kappa shape index (κ1) is 17.0. The van der Waals surface area contributed by atoms with E-state index in [1.807, 2.05) is 0 Å². The third kappa shape index (κ3) is 2.69. The Morgan fingerprint density at radius 3 is 1.90 bits per heavy atom. The predicted octanol–water partition coefficient (Wildman–Crippen LogP) is 6.71. The van der Waals surface area contributed by atoms with E-state index in [-0.39, 0.29) is 0 Å². The van der Waals surface area contributed by atoms with Crippen LogP contribution in [0.3, 0.4) is 0 Å². The minimum absolute atomic E-state index is 0.796. The smallest absolute Gasteiger partial charge is 0.228 e. The van der Waals surface area contributed by atoms with Crippen molar-refractivity contribution in [3.05, 3.63) is 115 Å². The van der Waals surface area contributed by atoms with E-state index in [2.05, 4.69) is 125 Å². The quantitative estimate of drug-likeness (QED) is 0.305. The molecule has 0 unspecified atom stereocenters. The molecular formula is C28H21N2+. The number of rotatable bonds is 3. The number of para-hydroxylation sites is 2. The molecule has 5 aromatic rings. The fourth-order valence-corrected chi connectivity index (χ4v) is 4.58. The van der Waals surface area contributed by atoms with Gasteiger partial charge >= 0.3 is 0 Å². The van der Waals surface area contributed by atoms with Gasteiger partial charge in [0.1, 0.15) is 0 Å². The highest BCUT2D eigenvalue weighted by Crippen LogP contribution is 2.40. The lowest BCUT2D eigenvalue weighted by atomic mass is 9.95. The van der Waals surface area contributed by atoms with Crippen LogP contribution in [0.1, 0.15) is 5.56 Å². The van der Waals surface area contributed by atoms with Gasteiger partial charge in [-0.15, -0.1) is 0 Å². The molecule has 1 aromatic heterocycles. The first-order valence-electron chi connectivity index (χ1n) is 10.3. The fraction of sp³-hybridized carbons (Fsp3) is 0.0357. The van der Waals surface area contributed by atoms with Crippen LogP contribution in [0.15, 0.2) is 109 Å². The predicted molar refractivity (Wildman–Crippen MR) is 124 cm³/mol. The number of nitrogens with zero attached hydrogens (tertiary/aromatic N) is 2. The van der Waals surface area contributed by atoms with Crippen LogP contribution < -0.4 is 0 Å². The van der Waals surface area contributed by atoms with E-state index in [1.165, 1.54) is 44.4 Å². The monoisotopic (exact) mass is 385 g/mol. The minimum Gasteiger partial charge on any atom is -0.291 e. The molecule has 0 amide bonds. The summed E-state index contributed by atoms with van der Waals surface area (Å²) in [5, 5.41) is 1.29. The molecule has 0 radical (unpaired) electrons. The highest BCUT2D eigenvalue weighted by molar-refractivity contribution is 5.98. The summed E-state index contributed by atoms with van der Waals surface area (Å²) in [4.78, 5) is 0. The molecule has 0 N–H and O–H groups in total. The van der Waals surface area contributed by atoms with Gasteiger partial charge in [0.15, 0.2) is 6.21 Å². The zero-order valence-electron chi connectivity index (χ0n) is 16.6. The van der Waals surface area contributed by atoms with Gasteiger partial charge in [0.05, 0.1) is 22.2 Å². The van der Waals surface area contributed by atoms with Crippen molar-refractivity contribution in [1.29, 1.82) is 0 Å². The van der Waals surface area contributed by atoms with Crippen LogP contribution in [0.2, 0.25) is 0 Å². The Morgan fingerprint density at radius 2 is 1.23 bits per heavy atom. The third-order valence-electron chi connectivity index (χ3n) is 5.91. The number of hydrogen-bond donors (Lipinski definition) is 0. The molecule has 0 aliphatic carbocycles. The van der Waals surface area contributed by atoms with E-state index >= 15 is 0 Å². The molecule has 0 saturated carbocycles. The van der Waals surface area contributed by atoms with E-state index in [1.54, 1.807) is 0 Å². The van der Waals surface area contributed by atoms with Crippen molar-refractivity contribution in [3.63, 3.8) is 0 Å². The molecule has 142 valence electrons. The van der Waals surface area contributed by atoms with E-state index in [4.69, 9.17) is 0 Å². The SMILES string of the molecule is C1=[N+](c2c(-c3ccccc3)cccc2-c2ccccc2)Cn2ccc3cccc1c32. The lowest BCUT2D eigenvalue weighted by molar-refractivity contribution is -0.470. The van der Waals surface area contributed by atoms with E-state index in [0.29, 0.717) is 0 Å². The molecule has 4 aromatic carbocycles. The summed E-state index contributed by atoms with van der Waals surface area (Å²) >= 11 is 0. The summed E-state index contributed by atoms with van der Waals surface area (Å²) in [5.41, 5.74) is 8.77. The third-order valence-corrected chi connectivity index (χ3v) is 5.91. The van der Waals surface area contributed by atoms with Gasteiger partial charge in [-0.05, 0) is 35.4 Å². The maximum atomic E-state index is 2.40. The average molecular weight is 385 g/mol. The van der Waals surface area contributed by atoms with E-state index < -0.39 is 0 Å². The lowest BCUT2D eigenvalue weighted by Gasteiger charge is -2.17. The zero-order chi connectivity index (χ0) is 19.9. The second kappa shape index (κ2) is 6.85. The number of hydrogen-bond acceptors (Lipinski definition) is 0. The average Bonchev–Trinajstić information content (AvgIpc) is 3.24. The molecule has 30 heavy (non-hydrogen) atoms. The normalized spacial score (nSPS) is 12.7. The van der Waals surface area contributed by atoms with Gasteiger partial charge in [-0.3, -0.25) is 4.57 Å². The van der Waals surface area contributed by atoms with Crippen molar-refractivity contribution < 1.29 is 4.58 Å². The highest BCUT2D eigenvalue weighted by Gasteiger charge is 2.26. The lowest BCUT2D eigenvalue weighted by Crippen LogP contribution is -2.19. The first-order chi connectivity index (χ1) is 14.9. The van der Waals surface area contributed by atoms with Gasteiger partial charge in [-0.25, -0.2) is 0 Å². The Kier molecular flexibility index (Phi) is 3.88. The van der Waals surface area contributed by atoms with Crippen LogP contribution in [-0.2, 0) is 6.67 Å². The van der Waals surface area contributed by atoms with E-state index in [9.17, 15) is 0 Å². The number of benzene rings is 4. The summed E-state index contributed by atoms with van der Waals surface area (Å²) < 4.78 is 4.74. The summed E-state index contributed by atoms with van der Waals surface area (Å²) in [6.45, 7) is 0.796. The van der Waals surface area contributed by atoms with Crippen molar-refractivity contribution in [2.24, 2.45) is 0 Å². The maximum Gasteiger partial charge on any atom is 0.228 e. The molecule has 0 fully saturated rings. The Bertz CT molecular complexity index is 1340. The van der Waals surface area contributed by atoms with Crippen LogP contribution in [0, 0.1) is 0 Å². The van der Waals surface area contributed by atoms with Crippen LogP contribution in [0.25, 0.3) is 33.2 Å². The second-order valence-electron chi connectivity index (χ2n) is 7.74. The largest absolute Gasteiger partial charge is 0.291 e. The first-order valence-corrected chi connectivity index (χ1v) is 10.3. The molecule has 1 aliphatic heterocycles. The molecule has 2 heterocycles. The fourth-order valence-electron chi connectivity index (χ4n) is 4.58. The molecule has 6 rings (SSSR count). The van der Waals surface area contributed by atoms with Crippen molar-refractivity contribution >= 4 is 22.8 Å². The summed E-state index contributed by atoms with van der Waals surface area (Å²) in [7, 11) is 0. The summed E-state index contributed by atoms with van der Waals surface area (Å²) in [6, 6.07) is 36.7. The topological polar surface area (TPSA) is 7.94 Å². The minimum atomic E-state index is 0.796. The number of aromatic nitrogens is 1. The molecule has 1 aliphatic rings. The van der Waals surface area contributed by atoms with Crippen LogP contribution in [-0.4, -0.2) is 15.4 Å². The van der Waals surface area contributed by atoms with Crippen LogP contribution in [0.4, 0.5) is 5.69 Å². The zero-order valence-corrected chi connectivity index (χ0v) is 16.6. The van der Waals surface area contributed by atoms with E-state index in [0.717, 1.165) is 6.67 Å². The molecule has 2 nitrogen and oxygen atoms in total. The Hall–Kier alpha value is -3.91. The van der Waals surface area contributed by atoms with Gasteiger partial charge in [-0.1, -0.05) is 78.9 Å². The van der Waals surface area contributed by atoms with Crippen molar-refractivity contribution in [2.75, 3.05) is 0 Å². The molecule has 0 saturated heterocycles. The summed E-state index contributed by atoms with van der Waals surface area (Å²) in [6.07, 6.45) is 4.50. The van der Waals surface area contributed by atoms with Crippen molar-refractivity contribution in [3.8, 4) is 22.3 Å². The summed E-state index contributed by atoms with van der Waals surface area (Å²) in [5.74, 6) is 0. The molecule has 0 spiro atoms. The van der Waals surface area contributed by atoms with Crippen LogP contribution >= 0.6 is 0 Å². The van der Waals surface area contributed by atoms with Gasteiger partial charge in [0, 0.05) is 11.6 Å². The van der Waals surface area contributed by atoms with Gasteiger partial charge in [-0.2, -0.15) is 4.58 Å². The Balaban J connectivity index is 1.64. The molecule has 0 atom stereocenters. The maximum absolute atomic E-state index is 2.40. The standard InChI is InChI=1S/C28H21N2/c1-3-9-21(10-4-1)25-15-8-16-26(22-11-5-2-6-12-22)28(25)30-19-24-14-7-13-23-17-18-29(20-30)27(23)24/h1-19H,20H2/q+1. The molecule has 0 bridgehead atoms. The van der Waals surface area contributed by atoms with Crippen molar-refractivity contribution in [1.82, 2.24) is 4.57 Å². The van der Waals surface area contributed by atoms with Crippen LogP contribution in [0.5, 0.6) is 0 Å². The van der Waals surface area contributed by atoms with Crippen molar-refractivity contribution in [2.45, 2.75) is 6.67 Å². The second-order valence-corrected chi connectivity index (χ2v) is 7.74. The van der Waals surface area contributed by atoms with Gasteiger partial charge in [0.25, 0.3) is 0 Å². The molecule has 2 heteroatoms. The Morgan fingerprint density at radius 1 is 0.600 bits per heavy atom. The van der Waals surface area contributed by atoms with Gasteiger partial charge in [0.2, 0.25) is 12.4 Å².